The van der Waals surface area contributed by atoms with Crippen molar-refractivity contribution in [2.45, 2.75) is 46.3 Å². The smallest absolute Gasteiger partial charge is 0.251 e. The lowest BCUT2D eigenvalue weighted by Crippen LogP contribution is -2.40. The van der Waals surface area contributed by atoms with Crippen LogP contribution in [0.2, 0.25) is 5.02 Å². The van der Waals surface area contributed by atoms with Crippen molar-refractivity contribution in [3.05, 3.63) is 28.8 Å². The number of hydrogen-bond donors (Lipinski definition) is 1. The van der Waals surface area contributed by atoms with E-state index in [-0.39, 0.29) is 17.6 Å². The van der Waals surface area contributed by atoms with Crippen molar-refractivity contribution in [1.82, 2.24) is 5.32 Å². The zero-order valence-electron chi connectivity index (χ0n) is 11.5. The van der Waals surface area contributed by atoms with Crippen molar-refractivity contribution in [3.8, 4) is 5.75 Å². The second-order valence-corrected chi connectivity index (χ2v) is 5.92. The monoisotopic (exact) mass is 269 g/mol. The Morgan fingerprint density at radius 3 is 2.39 bits per heavy atom. The van der Waals surface area contributed by atoms with Crippen LogP contribution >= 0.6 is 11.6 Å². The van der Waals surface area contributed by atoms with E-state index < -0.39 is 0 Å². The molecule has 0 aliphatic carbocycles. The van der Waals surface area contributed by atoms with Gasteiger partial charge in [-0.05, 0) is 52.8 Å². The molecular weight excluding hydrogens is 250 g/mol. The van der Waals surface area contributed by atoms with Gasteiger partial charge in [0.15, 0.2) is 0 Å². The van der Waals surface area contributed by atoms with Gasteiger partial charge in [-0.1, -0.05) is 11.6 Å². The first-order valence-corrected chi connectivity index (χ1v) is 6.35. The molecule has 0 bridgehead atoms. The molecule has 0 heterocycles. The molecule has 1 aromatic carbocycles. The first kappa shape index (κ1) is 14.8. The molecule has 0 saturated carbocycles. The molecule has 100 valence electrons. The molecule has 18 heavy (non-hydrogen) atoms. The number of carbonyl (C=O) groups excluding carboxylic acids is 1. The standard InChI is InChI=1S/C14H20ClNO2/c1-9(2)18-12-7-6-10(8-11(12)15)13(17)16-14(3,4)5/h6-9H,1-5H3,(H,16,17). The van der Waals surface area contributed by atoms with Crippen LogP contribution in [-0.2, 0) is 0 Å². The van der Waals surface area contributed by atoms with E-state index >= 15 is 0 Å². The highest BCUT2D eigenvalue weighted by molar-refractivity contribution is 6.32. The normalized spacial score (nSPS) is 11.5. The van der Waals surface area contributed by atoms with Gasteiger partial charge in [-0.15, -0.1) is 0 Å². The van der Waals surface area contributed by atoms with E-state index in [0.717, 1.165) is 0 Å². The number of halogens is 1. The summed E-state index contributed by atoms with van der Waals surface area (Å²) in [5, 5.41) is 3.33. The number of benzene rings is 1. The summed E-state index contributed by atoms with van der Waals surface area (Å²) in [5.74, 6) is 0.458. The molecule has 1 amide bonds. The molecule has 0 aromatic heterocycles. The van der Waals surface area contributed by atoms with Crippen molar-refractivity contribution < 1.29 is 9.53 Å². The van der Waals surface area contributed by atoms with Crippen LogP contribution in [0.1, 0.15) is 45.0 Å². The van der Waals surface area contributed by atoms with Gasteiger partial charge in [0.05, 0.1) is 11.1 Å². The lowest BCUT2D eigenvalue weighted by atomic mass is 10.1. The quantitative estimate of drug-likeness (QED) is 0.909. The number of carbonyl (C=O) groups is 1. The minimum Gasteiger partial charge on any atom is -0.489 e. The zero-order valence-corrected chi connectivity index (χ0v) is 12.3. The number of hydrogen-bond acceptors (Lipinski definition) is 2. The van der Waals surface area contributed by atoms with Gasteiger partial charge in [-0.2, -0.15) is 0 Å². The predicted molar refractivity (Wildman–Crippen MR) is 74.4 cm³/mol. The molecule has 0 spiro atoms. The van der Waals surface area contributed by atoms with Crippen LogP contribution in [0, 0.1) is 0 Å². The molecule has 1 rings (SSSR count). The highest BCUT2D eigenvalue weighted by Crippen LogP contribution is 2.26. The average Bonchev–Trinajstić information content (AvgIpc) is 2.17. The van der Waals surface area contributed by atoms with Gasteiger partial charge < -0.3 is 10.1 Å². The molecule has 1 N–H and O–H groups in total. The maximum Gasteiger partial charge on any atom is 0.251 e. The third kappa shape index (κ3) is 4.57. The van der Waals surface area contributed by atoms with E-state index in [2.05, 4.69) is 5.32 Å². The summed E-state index contributed by atoms with van der Waals surface area (Å²) in [6.45, 7) is 9.65. The van der Waals surface area contributed by atoms with Crippen molar-refractivity contribution in [1.29, 1.82) is 0 Å². The molecular formula is C14H20ClNO2. The Labute approximate surface area is 113 Å². The molecule has 0 aliphatic rings. The second-order valence-electron chi connectivity index (χ2n) is 5.52. The Bertz CT molecular complexity index is 436. The fraction of sp³-hybridized carbons (Fsp3) is 0.500. The molecule has 0 aliphatic heterocycles. The third-order valence-electron chi connectivity index (χ3n) is 2.05. The summed E-state index contributed by atoms with van der Waals surface area (Å²) in [5.41, 5.74) is 0.266. The minimum atomic E-state index is -0.267. The Kier molecular flexibility index (Phi) is 4.63. The molecule has 3 nitrogen and oxygen atoms in total. The Morgan fingerprint density at radius 1 is 1.33 bits per heavy atom. The van der Waals surface area contributed by atoms with Gasteiger partial charge >= 0.3 is 0 Å². The Hall–Kier alpha value is -1.22. The molecule has 1 aromatic rings. The van der Waals surface area contributed by atoms with E-state index in [4.69, 9.17) is 16.3 Å². The fourth-order valence-corrected chi connectivity index (χ4v) is 1.63. The maximum atomic E-state index is 11.9. The summed E-state index contributed by atoms with van der Waals surface area (Å²) in [4.78, 5) is 11.9. The molecule has 0 unspecified atom stereocenters. The van der Waals surface area contributed by atoms with Crippen LogP contribution in [0.4, 0.5) is 0 Å². The van der Waals surface area contributed by atoms with E-state index in [9.17, 15) is 4.79 Å². The Morgan fingerprint density at radius 2 is 1.94 bits per heavy atom. The van der Waals surface area contributed by atoms with Gasteiger partial charge in [0.25, 0.3) is 5.91 Å². The number of ether oxygens (including phenoxy) is 1. The molecule has 0 fully saturated rings. The minimum absolute atomic E-state index is 0.0525. The topological polar surface area (TPSA) is 38.3 Å². The summed E-state index contributed by atoms with van der Waals surface area (Å²) < 4.78 is 5.52. The van der Waals surface area contributed by atoms with Crippen LogP contribution in [-0.4, -0.2) is 17.6 Å². The third-order valence-corrected chi connectivity index (χ3v) is 2.34. The first-order valence-electron chi connectivity index (χ1n) is 5.98. The highest BCUT2D eigenvalue weighted by atomic mass is 35.5. The highest BCUT2D eigenvalue weighted by Gasteiger charge is 2.16. The van der Waals surface area contributed by atoms with Crippen LogP contribution in [0.25, 0.3) is 0 Å². The van der Waals surface area contributed by atoms with E-state index in [1.807, 2.05) is 34.6 Å². The largest absolute Gasteiger partial charge is 0.489 e. The van der Waals surface area contributed by atoms with Crippen molar-refractivity contribution >= 4 is 17.5 Å². The summed E-state index contributed by atoms with van der Waals surface area (Å²) >= 11 is 6.08. The summed E-state index contributed by atoms with van der Waals surface area (Å²) in [6, 6.07) is 5.06. The van der Waals surface area contributed by atoms with E-state index in [1.54, 1.807) is 18.2 Å². The number of amides is 1. The summed E-state index contributed by atoms with van der Waals surface area (Å²) in [6.07, 6.45) is 0.0525. The molecule has 0 saturated heterocycles. The maximum absolute atomic E-state index is 11.9. The van der Waals surface area contributed by atoms with Crippen molar-refractivity contribution in [3.63, 3.8) is 0 Å². The SMILES string of the molecule is CC(C)Oc1ccc(C(=O)NC(C)(C)C)cc1Cl. The number of rotatable bonds is 3. The van der Waals surface area contributed by atoms with Gasteiger partial charge in [-0.25, -0.2) is 0 Å². The average molecular weight is 270 g/mol. The van der Waals surface area contributed by atoms with Crippen LogP contribution in [0.5, 0.6) is 5.75 Å². The Balaban J connectivity index is 2.87. The zero-order chi connectivity index (χ0) is 13.9. The first-order chi connectivity index (χ1) is 8.19. The summed E-state index contributed by atoms with van der Waals surface area (Å²) in [7, 11) is 0. The molecule has 0 atom stereocenters. The lowest BCUT2D eigenvalue weighted by Gasteiger charge is -2.20. The van der Waals surface area contributed by atoms with Crippen LogP contribution in [0.3, 0.4) is 0 Å². The van der Waals surface area contributed by atoms with E-state index in [1.165, 1.54) is 0 Å². The predicted octanol–water partition coefficient (Wildman–Crippen LogP) is 3.66. The lowest BCUT2D eigenvalue weighted by molar-refractivity contribution is 0.0919. The fourth-order valence-electron chi connectivity index (χ4n) is 1.40. The van der Waals surface area contributed by atoms with Gasteiger partial charge in [0, 0.05) is 11.1 Å². The van der Waals surface area contributed by atoms with Crippen LogP contribution < -0.4 is 10.1 Å². The van der Waals surface area contributed by atoms with Gasteiger partial charge in [0.1, 0.15) is 5.75 Å². The van der Waals surface area contributed by atoms with Crippen molar-refractivity contribution in [2.75, 3.05) is 0 Å². The van der Waals surface area contributed by atoms with E-state index in [0.29, 0.717) is 16.3 Å². The van der Waals surface area contributed by atoms with Crippen molar-refractivity contribution in [2.24, 2.45) is 0 Å². The number of nitrogens with one attached hydrogen (secondary N) is 1. The molecule has 0 radical (unpaired) electrons. The second kappa shape index (κ2) is 5.61. The molecule has 4 heteroatoms. The van der Waals surface area contributed by atoms with Gasteiger partial charge in [-0.3, -0.25) is 4.79 Å². The van der Waals surface area contributed by atoms with Gasteiger partial charge in [0.2, 0.25) is 0 Å². The van der Waals surface area contributed by atoms with Crippen LogP contribution in [0.15, 0.2) is 18.2 Å².